The summed E-state index contributed by atoms with van der Waals surface area (Å²) in [6.07, 6.45) is 2.45. The largest absolute Gasteiger partial charge is 0.334 e. The molecule has 0 spiro atoms. The minimum Gasteiger partial charge on any atom is -0.334 e. The summed E-state index contributed by atoms with van der Waals surface area (Å²) in [6.45, 7) is 4.19. The van der Waals surface area contributed by atoms with Crippen LogP contribution in [0.1, 0.15) is 18.4 Å². The number of piperazine rings is 1. The molecule has 1 N–H and O–H groups in total. The van der Waals surface area contributed by atoms with Gasteiger partial charge in [-0.3, -0.25) is 4.90 Å². The number of hydrogen-bond acceptors (Lipinski definition) is 2. The summed E-state index contributed by atoms with van der Waals surface area (Å²) in [6, 6.07) is 5.81. The van der Waals surface area contributed by atoms with Crippen LogP contribution in [0, 0.1) is 0 Å². The van der Waals surface area contributed by atoms with Gasteiger partial charge in [-0.05, 0) is 43.1 Å². The number of amides is 2. The van der Waals surface area contributed by atoms with Crippen molar-refractivity contribution in [3.05, 3.63) is 33.8 Å². The smallest absolute Gasteiger partial charge is 0.317 e. The number of hydrogen-bond donors (Lipinski definition) is 1. The first kappa shape index (κ1) is 14.9. The average Bonchev–Trinajstić information content (AvgIpc) is 2.95. The van der Waals surface area contributed by atoms with E-state index < -0.39 is 0 Å². The van der Waals surface area contributed by atoms with Gasteiger partial charge in [0.05, 0.1) is 0 Å². The first-order valence-electron chi connectivity index (χ1n) is 7.34. The molecule has 21 heavy (non-hydrogen) atoms. The van der Waals surface area contributed by atoms with Crippen molar-refractivity contribution in [2.45, 2.75) is 25.4 Å². The zero-order valence-corrected chi connectivity index (χ0v) is 13.3. The molecule has 0 radical (unpaired) electrons. The Hall–Kier alpha value is -0.970. The van der Waals surface area contributed by atoms with E-state index in [1.807, 2.05) is 4.90 Å². The fourth-order valence-corrected chi connectivity index (χ4v) is 3.52. The van der Waals surface area contributed by atoms with Crippen molar-refractivity contribution in [3.8, 4) is 0 Å². The molecule has 1 atom stereocenters. The molecule has 114 valence electrons. The van der Waals surface area contributed by atoms with Crippen molar-refractivity contribution < 1.29 is 4.79 Å². The monoisotopic (exact) mass is 327 g/mol. The van der Waals surface area contributed by atoms with Gasteiger partial charge in [-0.2, -0.15) is 0 Å². The Labute approximate surface area is 135 Å². The van der Waals surface area contributed by atoms with Crippen LogP contribution < -0.4 is 5.32 Å². The van der Waals surface area contributed by atoms with E-state index in [9.17, 15) is 4.79 Å². The average molecular weight is 328 g/mol. The number of halogens is 2. The van der Waals surface area contributed by atoms with Crippen LogP contribution in [0.2, 0.25) is 10.0 Å². The topological polar surface area (TPSA) is 35.6 Å². The third-order valence-corrected chi connectivity index (χ3v) is 4.92. The Morgan fingerprint density at radius 2 is 2.14 bits per heavy atom. The molecule has 6 heteroatoms. The molecular formula is C15H19Cl2N3O. The lowest BCUT2D eigenvalue weighted by molar-refractivity contribution is 0.117. The van der Waals surface area contributed by atoms with Gasteiger partial charge >= 0.3 is 6.03 Å². The van der Waals surface area contributed by atoms with Gasteiger partial charge < -0.3 is 10.2 Å². The highest BCUT2D eigenvalue weighted by molar-refractivity contribution is 6.33. The van der Waals surface area contributed by atoms with Gasteiger partial charge in [-0.25, -0.2) is 4.79 Å². The molecule has 0 aromatic heterocycles. The first-order valence-corrected chi connectivity index (χ1v) is 8.10. The molecule has 2 aliphatic rings. The van der Waals surface area contributed by atoms with Crippen molar-refractivity contribution in [3.63, 3.8) is 0 Å². The molecule has 4 nitrogen and oxygen atoms in total. The Kier molecular flexibility index (Phi) is 4.57. The number of nitrogens with one attached hydrogen (secondary N) is 1. The van der Waals surface area contributed by atoms with Crippen LogP contribution in [0.5, 0.6) is 0 Å². The number of benzene rings is 1. The molecule has 2 fully saturated rings. The highest BCUT2D eigenvalue weighted by atomic mass is 35.5. The molecule has 3 rings (SSSR count). The van der Waals surface area contributed by atoms with E-state index in [1.54, 1.807) is 18.2 Å². The van der Waals surface area contributed by atoms with Crippen LogP contribution in [-0.2, 0) is 6.54 Å². The maximum Gasteiger partial charge on any atom is 0.317 e. The molecule has 2 saturated heterocycles. The van der Waals surface area contributed by atoms with Gasteiger partial charge in [0.15, 0.2) is 0 Å². The lowest BCUT2D eigenvalue weighted by atomic mass is 10.1. The molecule has 2 aliphatic heterocycles. The van der Waals surface area contributed by atoms with Gasteiger partial charge in [0.25, 0.3) is 0 Å². The van der Waals surface area contributed by atoms with Gasteiger partial charge in [-0.15, -0.1) is 0 Å². The molecular weight excluding hydrogens is 309 g/mol. The third kappa shape index (κ3) is 3.44. The maximum absolute atomic E-state index is 12.3. The minimum atomic E-state index is -0.0161. The summed E-state index contributed by atoms with van der Waals surface area (Å²) in [5.74, 6) is 0. The second-order valence-electron chi connectivity index (χ2n) is 5.67. The van der Waals surface area contributed by atoms with Crippen molar-refractivity contribution in [1.29, 1.82) is 0 Å². The number of nitrogens with zero attached hydrogens (tertiary/aromatic N) is 2. The summed E-state index contributed by atoms with van der Waals surface area (Å²) in [4.78, 5) is 16.7. The van der Waals surface area contributed by atoms with Crippen LogP contribution in [0.3, 0.4) is 0 Å². The Morgan fingerprint density at radius 3 is 3.00 bits per heavy atom. The zero-order valence-electron chi connectivity index (χ0n) is 11.8. The number of fused-ring (bicyclic) bond motifs is 1. The standard InChI is InChI=1S/C15H19Cl2N3O/c16-12-3-4-14(17)11(8-12)9-18-15(21)20-7-6-19-5-1-2-13(19)10-20/h3-4,8,13H,1-2,5-7,9-10H2,(H,18,21). The van der Waals surface area contributed by atoms with Crippen molar-refractivity contribution in [2.24, 2.45) is 0 Å². The molecule has 2 amide bonds. The third-order valence-electron chi connectivity index (χ3n) is 4.31. The van der Waals surface area contributed by atoms with Crippen molar-refractivity contribution >= 4 is 29.2 Å². The highest BCUT2D eigenvalue weighted by Crippen LogP contribution is 2.22. The van der Waals surface area contributed by atoms with Crippen LogP contribution in [0.25, 0.3) is 0 Å². The van der Waals surface area contributed by atoms with Crippen molar-refractivity contribution in [1.82, 2.24) is 15.1 Å². The summed E-state index contributed by atoms with van der Waals surface area (Å²) in [5.41, 5.74) is 0.844. The summed E-state index contributed by atoms with van der Waals surface area (Å²) >= 11 is 12.1. The molecule has 2 heterocycles. The van der Waals surface area contributed by atoms with E-state index in [1.165, 1.54) is 19.4 Å². The number of rotatable bonds is 2. The molecule has 1 unspecified atom stereocenters. The Bertz CT molecular complexity index is 538. The first-order chi connectivity index (χ1) is 10.1. The summed E-state index contributed by atoms with van der Waals surface area (Å²) in [7, 11) is 0. The van der Waals surface area contributed by atoms with Crippen LogP contribution >= 0.6 is 23.2 Å². The van der Waals surface area contributed by atoms with Crippen LogP contribution in [0.4, 0.5) is 4.79 Å². The predicted molar refractivity (Wildman–Crippen MR) is 84.9 cm³/mol. The molecule has 0 aliphatic carbocycles. The second kappa shape index (κ2) is 6.42. The summed E-state index contributed by atoms with van der Waals surface area (Å²) < 4.78 is 0. The fourth-order valence-electron chi connectivity index (χ4n) is 3.14. The predicted octanol–water partition coefficient (Wildman–Crippen LogP) is 2.98. The van der Waals surface area contributed by atoms with Gasteiger partial charge in [-0.1, -0.05) is 23.2 Å². The fraction of sp³-hybridized carbons (Fsp3) is 0.533. The van der Waals surface area contributed by atoms with E-state index in [0.717, 1.165) is 25.2 Å². The van der Waals surface area contributed by atoms with Crippen molar-refractivity contribution in [2.75, 3.05) is 26.2 Å². The normalized spacial score (nSPS) is 22.2. The number of carbonyl (C=O) groups is 1. The molecule has 0 bridgehead atoms. The van der Waals surface area contributed by atoms with E-state index in [-0.39, 0.29) is 6.03 Å². The molecule has 0 saturated carbocycles. The Balaban J connectivity index is 1.55. The van der Waals surface area contributed by atoms with Crippen LogP contribution in [0.15, 0.2) is 18.2 Å². The van der Waals surface area contributed by atoms with E-state index >= 15 is 0 Å². The summed E-state index contributed by atoms with van der Waals surface area (Å²) in [5, 5.41) is 4.20. The SMILES string of the molecule is O=C(NCc1cc(Cl)ccc1Cl)N1CCN2CCCC2C1. The number of urea groups is 1. The van der Waals surface area contributed by atoms with E-state index in [4.69, 9.17) is 23.2 Å². The van der Waals surface area contributed by atoms with Gasteiger partial charge in [0.2, 0.25) is 0 Å². The lowest BCUT2D eigenvalue weighted by Crippen LogP contribution is -2.54. The molecule has 1 aromatic rings. The lowest BCUT2D eigenvalue weighted by Gasteiger charge is -2.37. The maximum atomic E-state index is 12.3. The second-order valence-corrected chi connectivity index (χ2v) is 6.52. The van der Waals surface area contributed by atoms with Crippen LogP contribution in [-0.4, -0.2) is 48.1 Å². The van der Waals surface area contributed by atoms with Gasteiger partial charge in [0.1, 0.15) is 0 Å². The van der Waals surface area contributed by atoms with Gasteiger partial charge in [0, 0.05) is 42.3 Å². The van der Waals surface area contributed by atoms with E-state index in [0.29, 0.717) is 22.6 Å². The number of carbonyl (C=O) groups excluding carboxylic acids is 1. The Morgan fingerprint density at radius 1 is 1.29 bits per heavy atom. The molecule has 1 aromatic carbocycles. The van der Waals surface area contributed by atoms with E-state index in [2.05, 4.69) is 10.2 Å². The highest BCUT2D eigenvalue weighted by Gasteiger charge is 2.32. The quantitative estimate of drug-likeness (QED) is 0.906. The zero-order chi connectivity index (χ0) is 14.8. The minimum absolute atomic E-state index is 0.0161.